The second kappa shape index (κ2) is 7.45. The Labute approximate surface area is 148 Å². The highest BCUT2D eigenvalue weighted by atomic mass is 32.2. The van der Waals surface area contributed by atoms with Crippen molar-refractivity contribution in [2.75, 3.05) is 24.7 Å². The molecule has 0 saturated carbocycles. The van der Waals surface area contributed by atoms with E-state index in [1.54, 1.807) is 10.5 Å². The summed E-state index contributed by atoms with van der Waals surface area (Å²) in [5.74, 6) is 1.75. The first kappa shape index (κ1) is 17.8. The minimum atomic E-state index is -3.12. The zero-order chi connectivity index (χ0) is 17.9. The van der Waals surface area contributed by atoms with Crippen LogP contribution in [0.2, 0.25) is 0 Å². The van der Waals surface area contributed by atoms with Gasteiger partial charge in [0.2, 0.25) is 10.0 Å². The fourth-order valence-electron chi connectivity index (χ4n) is 3.11. The molecule has 1 atom stereocenters. The Morgan fingerprint density at radius 1 is 1.32 bits per heavy atom. The number of anilines is 2. The lowest BCUT2D eigenvalue weighted by molar-refractivity contribution is 0.265. The molecular weight excluding hydrogens is 338 g/mol. The van der Waals surface area contributed by atoms with E-state index in [4.69, 9.17) is 0 Å². The number of nitrogens with zero attached hydrogens (tertiary/aromatic N) is 4. The monoisotopic (exact) mass is 361 g/mol. The Morgan fingerprint density at radius 2 is 2.16 bits per heavy atom. The van der Waals surface area contributed by atoms with Crippen molar-refractivity contribution in [1.82, 2.24) is 19.3 Å². The van der Waals surface area contributed by atoms with Crippen LogP contribution in [-0.2, 0) is 16.4 Å². The van der Waals surface area contributed by atoms with Gasteiger partial charge >= 0.3 is 0 Å². The third-order valence-corrected chi connectivity index (χ3v) is 5.70. The number of rotatable bonds is 5. The topological polar surface area (TPSA) is 88.1 Å². The van der Waals surface area contributed by atoms with Crippen molar-refractivity contribution in [3.05, 3.63) is 42.0 Å². The van der Waals surface area contributed by atoms with Crippen LogP contribution in [0.4, 0.5) is 11.6 Å². The molecule has 134 valence electrons. The Morgan fingerprint density at radius 3 is 2.92 bits per heavy atom. The molecule has 25 heavy (non-hydrogen) atoms. The van der Waals surface area contributed by atoms with Gasteiger partial charge in [-0.3, -0.25) is 0 Å². The largest absolute Gasteiger partial charge is 0.325 e. The summed E-state index contributed by atoms with van der Waals surface area (Å²) in [4.78, 5) is 12.9. The molecule has 1 unspecified atom stereocenters. The number of hydrogen-bond donors (Lipinski definition) is 1. The average Bonchev–Trinajstić information content (AvgIpc) is 2.57. The van der Waals surface area contributed by atoms with Crippen molar-refractivity contribution >= 4 is 21.7 Å². The summed E-state index contributed by atoms with van der Waals surface area (Å²) in [6.07, 6.45) is 7.19. The van der Waals surface area contributed by atoms with Crippen molar-refractivity contribution < 1.29 is 8.42 Å². The smallest absolute Gasteiger partial charge is 0.211 e. The zero-order valence-electron chi connectivity index (χ0n) is 14.5. The summed E-state index contributed by atoms with van der Waals surface area (Å²) in [5, 5.41) is 3.21. The number of piperidine rings is 1. The minimum absolute atomic E-state index is 0.280. The van der Waals surface area contributed by atoms with Gasteiger partial charge in [-0.05, 0) is 43.7 Å². The number of pyridine rings is 1. The van der Waals surface area contributed by atoms with Crippen LogP contribution in [0.25, 0.3) is 0 Å². The molecule has 1 N–H and O–H groups in total. The molecule has 2 aromatic heterocycles. The molecule has 8 heteroatoms. The maximum atomic E-state index is 11.8. The van der Waals surface area contributed by atoms with Crippen molar-refractivity contribution in [2.45, 2.75) is 26.2 Å². The molecule has 0 radical (unpaired) electrons. The summed E-state index contributed by atoms with van der Waals surface area (Å²) in [6, 6.07) is 5.79. The molecular formula is C17H23N5O2S. The van der Waals surface area contributed by atoms with Gasteiger partial charge in [-0.15, -0.1) is 0 Å². The van der Waals surface area contributed by atoms with Gasteiger partial charge in [0.25, 0.3) is 0 Å². The molecule has 0 aromatic carbocycles. The SMILES string of the molecule is Cc1cccnc1Nc1cc(CC2CCCN(S(C)(=O)=O)C2)ncn1. The molecule has 1 aliphatic heterocycles. The fraction of sp³-hybridized carbons (Fsp3) is 0.471. The highest BCUT2D eigenvalue weighted by Gasteiger charge is 2.26. The molecule has 1 saturated heterocycles. The van der Waals surface area contributed by atoms with E-state index in [1.807, 2.05) is 25.1 Å². The van der Waals surface area contributed by atoms with Crippen molar-refractivity contribution in [3.8, 4) is 0 Å². The molecule has 3 heterocycles. The Balaban J connectivity index is 1.69. The molecule has 1 fully saturated rings. The van der Waals surface area contributed by atoms with E-state index < -0.39 is 10.0 Å². The van der Waals surface area contributed by atoms with Crippen molar-refractivity contribution in [2.24, 2.45) is 5.92 Å². The van der Waals surface area contributed by atoms with E-state index in [-0.39, 0.29) is 5.92 Å². The normalized spacial score (nSPS) is 18.9. The average molecular weight is 361 g/mol. The van der Waals surface area contributed by atoms with E-state index in [0.717, 1.165) is 36.3 Å². The molecule has 0 aliphatic carbocycles. The summed E-state index contributed by atoms with van der Waals surface area (Å²) in [6.45, 7) is 3.16. The Kier molecular flexibility index (Phi) is 5.29. The number of aryl methyl sites for hydroxylation is 1. The predicted octanol–water partition coefficient (Wildman–Crippen LogP) is 2.14. The standard InChI is InChI=1S/C17H23N5O2S/c1-13-5-3-7-18-17(13)21-16-10-15(19-12-20-16)9-14-6-4-8-22(11-14)25(2,23)24/h3,5,7,10,12,14H,4,6,8-9,11H2,1-2H3,(H,18,19,20,21). The number of hydrogen-bond acceptors (Lipinski definition) is 6. The Hall–Kier alpha value is -2.06. The van der Waals surface area contributed by atoms with Crippen LogP contribution >= 0.6 is 0 Å². The minimum Gasteiger partial charge on any atom is -0.325 e. The number of aromatic nitrogens is 3. The van der Waals surface area contributed by atoms with Gasteiger partial charge in [0.05, 0.1) is 6.26 Å². The van der Waals surface area contributed by atoms with Crippen molar-refractivity contribution in [1.29, 1.82) is 0 Å². The first-order valence-corrected chi connectivity index (χ1v) is 10.2. The van der Waals surface area contributed by atoms with Gasteiger partial charge in [0.15, 0.2) is 0 Å². The van der Waals surface area contributed by atoms with Crippen LogP contribution in [0.1, 0.15) is 24.1 Å². The summed E-state index contributed by atoms with van der Waals surface area (Å²) in [7, 11) is -3.12. The Bertz CT molecular complexity index is 840. The van der Waals surface area contributed by atoms with Crippen molar-refractivity contribution in [3.63, 3.8) is 0 Å². The lowest BCUT2D eigenvalue weighted by Gasteiger charge is -2.30. The lowest BCUT2D eigenvalue weighted by Crippen LogP contribution is -2.39. The molecule has 3 rings (SSSR count). The maximum absolute atomic E-state index is 11.8. The maximum Gasteiger partial charge on any atom is 0.211 e. The molecule has 2 aromatic rings. The van der Waals surface area contributed by atoms with E-state index in [9.17, 15) is 8.42 Å². The first-order chi connectivity index (χ1) is 11.9. The van der Waals surface area contributed by atoms with Gasteiger partial charge in [0.1, 0.15) is 18.0 Å². The second-order valence-electron chi connectivity index (χ2n) is 6.52. The van der Waals surface area contributed by atoms with Gasteiger partial charge in [-0.1, -0.05) is 6.07 Å². The lowest BCUT2D eigenvalue weighted by atomic mass is 9.94. The predicted molar refractivity (Wildman–Crippen MR) is 97.1 cm³/mol. The summed E-state index contributed by atoms with van der Waals surface area (Å²) >= 11 is 0. The molecule has 1 aliphatic rings. The number of sulfonamides is 1. The number of nitrogens with one attached hydrogen (secondary N) is 1. The summed E-state index contributed by atoms with van der Waals surface area (Å²) in [5.41, 5.74) is 1.95. The third-order valence-electron chi connectivity index (χ3n) is 4.43. The highest BCUT2D eigenvalue weighted by Crippen LogP contribution is 2.23. The van der Waals surface area contributed by atoms with Crippen LogP contribution in [0.5, 0.6) is 0 Å². The molecule has 0 spiro atoms. The quantitative estimate of drug-likeness (QED) is 0.878. The second-order valence-corrected chi connectivity index (χ2v) is 8.50. The molecule has 7 nitrogen and oxygen atoms in total. The van der Waals surface area contributed by atoms with Gasteiger partial charge < -0.3 is 5.32 Å². The first-order valence-electron chi connectivity index (χ1n) is 8.36. The van der Waals surface area contributed by atoms with Gasteiger partial charge in [-0.25, -0.2) is 27.7 Å². The van der Waals surface area contributed by atoms with Crippen LogP contribution < -0.4 is 5.32 Å². The molecule has 0 bridgehead atoms. The van der Waals surface area contributed by atoms with E-state index in [2.05, 4.69) is 20.3 Å². The van der Waals surface area contributed by atoms with Crippen LogP contribution in [0, 0.1) is 12.8 Å². The van der Waals surface area contributed by atoms with Crippen LogP contribution in [0.3, 0.4) is 0 Å². The van der Waals surface area contributed by atoms with Gasteiger partial charge in [-0.2, -0.15) is 0 Å². The van der Waals surface area contributed by atoms with E-state index >= 15 is 0 Å². The van der Waals surface area contributed by atoms with Crippen LogP contribution in [0.15, 0.2) is 30.7 Å². The fourth-order valence-corrected chi connectivity index (χ4v) is 4.05. The zero-order valence-corrected chi connectivity index (χ0v) is 15.3. The van der Waals surface area contributed by atoms with Gasteiger partial charge in [0, 0.05) is 31.0 Å². The van der Waals surface area contributed by atoms with Crippen LogP contribution in [-0.4, -0.2) is 47.0 Å². The van der Waals surface area contributed by atoms with E-state index in [0.29, 0.717) is 18.9 Å². The molecule has 0 amide bonds. The highest BCUT2D eigenvalue weighted by molar-refractivity contribution is 7.88. The summed E-state index contributed by atoms with van der Waals surface area (Å²) < 4.78 is 25.1. The van der Waals surface area contributed by atoms with E-state index in [1.165, 1.54) is 12.6 Å². The third kappa shape index (κ3) is 4.73.